The highest BCUT2D eigenvalue weighted by atomic mass is 19.4. The summed E-state index contributed by atoms with van der Waals surface area (Å²) in [5, 5.41) is 3.74. The van der Waals surface area contributed by atoms with Gasteiger partial charge in [-0.05, 0) is 31.0 Å². The van der Waals surface area contributed by atoms with Gasteiger partial charge in [0.15, 0.2) is 0 Å². The van der Waals surface area contributed by atoms with Crippen molar-refractivity contribution in [2.45, 2.75) is 25.6 Å². The summed E-state index contributed by atoms with van der Waals surface area (Å²) in [6.45, 7) is 1.88. The van der Waals surface area contributed by atoms with Crippen LogP contribution in [-0.2, 0) is 12.6 Å². The summed E-state index contributed by atoms with van der Waals surface area (Å²) in [6.07, 6.45) is -1.91. The van der Waals surface area contributed by atoms with Crippen molar-refractivity contribution in [2.75, 3.05) is 0 Å². The Bertz CT molecular complexity index is 558. The van der Waals surface area contributed by atoms with Crippen LogP contribution in [0.15, 0.2) is 36.7 Å². The summed E-state index contributed by atoms with van der Waals surface area (Å²) in [5.74, 6) is 0. The van der Waals surface area contributed by atoms with Crippen molar-refractivity contribution in [1.82, 2.24) is 9.78 Å². The fourth-order valence-electron chi connectivity index (χ4n) is 1.81. The molecule has 3 nitrogen and oxygen atoms in total. The Hall–Kier alpha value is -1.82. The first-order chi connectivity index (χ1) is 8.86. The van der Waals surface area contributed by atoms with Crippen LogP contribution >= 0.6 is 0 Å². The second-order valence-electron chi connectivity index (χ2n) is 4.52. The van der Waals surface area contributed by atoms with Crippen molar-refractivity contribution < 1.29 is 13.2 Å². The molecule has 102 valence electrons. The number of aromatic nitrogens is 2. The first-order valence-corrected chi connectivity index (χ1v) is 5.83. The number of rotatable bonds is 3. The van der Waals surface area contributed by atoms with Gasteiger partial charge in [-0.15, -0.1) is 0 Å². The maximum atomic E-state index is 12.5. The molecule has 1 aromatic carbocycles. The van der Waals surface area contributed by atoms with E-state index in [1.807, 2.05) is 13.0 Å². The molecule has 0 aliphatic carbocycles. The van der Waals surface area contributed by atoms with Crippen molar-refractivity contribution in [3.05, 3.63) is 47.8 Å². The van der Waals surface area contributed by atoms with Crippen molar-refractivity contribution in [1.29, 1.82) is 0 Å². The monoisotopic (exact) mass is 269 g/mol. The fourth-order valence-corrected chi connectivity index (χ4v) is 1.81. The van der Waals surface area contributed by atoms with E-state index in [-0.39, 0.29) is 6.04 Å². The maximum absolute atomic E-state index is 12.5. The third-order valence-electron chi connectivity index (χ3n) is 2.64. The molecule has 0 fully saturated rings. The van der Waals surface area contributed by atoms with Gasteiger partial charge in [0.2, 0.25) is 0 Å². The molecular formula is C13H14F3N3. The minimum atomic E-state index is -4.37. The van der Waals surface area contributed by atoms with E-state index in [0.29, 0.717) is 12.1 Å². The average molecular weight is 269 g/mol. The third kappa shape index (κ3) is 3.35. The van der Waals surface area contributed by atoms with E-state index in [0.717, 1.165) is 18.0 Å². The van der Waals surface area contributed by atoms with E-state index in [2.05, 4.69) is 5.10 Å². The van der Waals surface area contributed by atoms with Crippen LogP contribution in [0.25, 0.3) is 5.69 Å². The summed E-state index contributed by atoms with van der Waals surface area (Å²) in [6, 6.07) is 7.16. The highest BCUT2D eigenvalue weighted by Gasteiger charge is 2.32. The van der Waals surface area contributed by atoms with Crippen LogP contribution in [0.4, 0.5) is 13.2 Å². The van der Waals surface area contributed by atoms with Crippen molar-refractivity contribution in [3.8, 4) is 5.69 Å². The Morgan fingerprint density at radius 3 is 2.68 bits per heavy atom. The van der Waals surface area contributed by atoms with Crippen molar-refractivity contribution >= 4 is 0 Å². The van der Waals surface area contributed by atoms with Crippen LogP contribution in [0.3, 0.4) is 0 Å². The second kappa shape index (κ2) is 5.05. The normalized spacial score (nSPS) is 13.5. The Balaban J connectivity index is 2.29. The van der Waals surface area contributed by atoms with Gasteiger partial charge in [0.1, 0.15) is 0 Å². The molecule has 6 heteroatoms. The van der Waals surface area contributed by atoms with Crippen LogP contribution in [-0.4, -0.2) is 15.8 Å². The molecule has 0 saturated carbocycles. The number of halogens is 3. The Labute approximate surface area is 108 Å². The van der Waals surface area contributed by atoms with Gasteiger partial charge in [0.25, 0.3) is 0 Å². The number of hydrogen-bond donors (Lipinski definition) is 1. The minimum Gasteiger partial charge on any atom is -0.328 e. The first kappa shape index (κ1) is 13.6. The van der Waals surface area contributed by atoms with Gasteiger partial charge >= 0.3 is 6.18 Å². The summed E-state index contributed by atoms with van der Waals surface area (Å²) in [5.41, 5.74) is 6.50. The van der Waals surface area contributed by atoms with Gasteiger partial charge in [-0.3, -0.25) is 0 Å². The standard InChI is InChI=1S/C13H14F3N3/c1-9(17)5-10-3-2-4-12(6-10)19-8-11(7-18-19)13(14,15)16/h2-4,6-9H,5,17H2,1H3. The zero-order chi connectivity index (χ0) is 14.0. The summed E-state index contributed by atoms with van der Waals surface area (Å²) >= 11 is 0. The van der Waals surface area contributed by atoms with Gasteiger partial charge in [0, 0.05) is 12.2 Å². The van der Waals surface area contributed by atoms with Crippen molar-refractivity contribution in [3.63, 3.8) is 0 Å². The predicted molar refractivity (Wildman–Crippen MR) is 65.9 cm³/mol. The molecule has 0 bridgehead atoms. The number of hydrogen-bond acceptors (Lipinski definition) is 2. The number of alkyl halides is 3. The highest BCUT2D eigenvalue weighted by Crippen LogP contribution is 2.29. The van der Waals surface area contributed by atoms with Gasteiger partial charge in [-0.25, -0.2) is 4.68 Å². The van der Waals surface area contributed by atoms with Crippen LogP contribution in [0, 0.1) is 0 Å². The molecule has 0 amide bonds. The third-order valence-corrected chi connectivity index (χ3v) is 2.64. The molecule has 0 saturated heterocycles. The molecule has 19 heavy (non-hydrogen) atoms. The molecule has 0 spiro atoms. The number of benzene rings is 1. The summed E-state index contributed by atoms with van der Waals surface area (Å²) < 4.78 is 38.7. The summed E-state index contributed by atoms with van der Waals surface area (Å²) in [7, 11) is 0. The van der Waals surface area contributed by atoms with Gasteiger partial charge < -0.3 is 5.73 Å². The molecular weight excluding hydrogens is 255 g/mol. The molecule has 0 aliphatic heterocycles. The topological polar surface area (TPSA) is 43.8 Å². The van der Waals surface area contributed by atoms with E-state index >= 15 is 0 Å². The molecule has 2 aromatic rings. The zero-order valence-electron chi connectivity index (χ0n) is 10.4. The molecule has 0 aliphatic rings. The molecule has 2 N–H and O–H groups in total. The van der Waals surface area contributed by atoms with Gasteiger partial charge in [0.05, 0.1) is 17.4 Å². The van der Waals surface area contributed by atoms with Crippen LogP contribution in [0.5, 0.6) is 0 Å². The van der Waals surface area contributed by atoms with E-state index in [1.165, 1.54) is 4.68 Å². The number of nitrogens with zero attached hydrogens (tertiary/aromatic N) is 2. The van der Waals surface area contributed by atoms with Gasteiger partial charge in [-0.1, -0.05) is 12.1 Å². The lowest BCUT2D eigenvalue weighted by molar-refractivity contribution is -0.137. The largest absolute Gasteiger partial charge is 0.419 e. The van der Waals surface area contributed by atoms with E-state index in [9.17, 15) is 13.2 Å². The predicted octanol–water partition coefficient (Wildman–Crippen LogP) is 2.78. The molecule has 0 radical (unpaired) electrons. The van der Waals surface area contributed by atoms with E-state index in [4.69, 9.17) is 5.73 Å². The Morgan fingerprint density at radius 1 is 1.37 bits per heavy atom. The molecule has 1 heterocycles. The molecule has 1 aromatic heterocycles. The lowest BCUT2D eigenvalue weighted by atomic mass is 10.1. The zero-order valence-corrected chi connectivity index (χ0v) is 10.4. The lowest BCUT2D eigenvalue weighted by Gasteiger charge is -2.07. The Morgan fingerprint density at radius 2 is 2.11 bits per heavy atom. The van der Waals surface area contributed by atoms with Crippen LogP contribution in [0.1, 0.15) is 18.1 Å². The minimum absolute atomic E-state index is 0.00129. The SMILES string of the molecule is CC(N)Cc1cccc(-n2cc(C(F)(F)F)cn2)c1. The molecule has 1 unspecified atom stereocenters. The first-order valence-electron chi connectivity index (χ1n) is 5.83. The smallest absolute Gasteiger partial charge is 0.328 e. The summed E-state index contributed by atoms with van der Waals surface area (Å²) in [4.78, 5) is 0. The average Bonchev–Trinajstić information content (AvgIpc) is 2.77. The van der Waals surface area contributed by atoms with E-state index in [1.54, 1.807) is 18.2 Å². The van der Waals surface area contributed by atoms with Gasteiger partial charge in [-0.2, -0.15) is 18.3 Å². The van der Waals surface area contributed by atoms with Crippen molar-refractivity contribution in [2.24, 2.45) is 5.73 Å². The Kier molecular flexibility index (Phi) is 3.61. The second-order valence-corrected chi connectivity index (χ2v) is 4.52. The number of nitrogens with two attached hydrogens (primary N) is 1. The highest BCUT2D eigenvalue weighted by molar-refractivity contribution is 5.36. The maximum Gasteiger partial charge on any atom is 0.419 e. The van der Waals surface area contributed by atoms with E-state index < -0.39 is 11.7 Å². The molecule has 1 atom stereocenters. The quantitative estimate of drug-likeness (QED) is 0.931. The van der Waals surface area contributed by atoms with Crippen LogP contribution < -0.4 is 5.73 Å². The fraction of sp³-hybridized carbons (Fsp3) is 0.308. The lowest BCUT2D eigenvalue weighted by Crippen LogP contribution is -2.17. The molecule has 2 rings (SSSR count). The van der Waals surface area contributed by atoms with Crippen LogP contribution in [0.2, 0.25) is 0 Å².